The second-order valence-corrected chi connectivity index (χ2v) is 6.07. The average Bonchev–Trinajstić information content (AvgIpc) is 2.63. The molecule has 6 nitrogen and oxygen atoms in total. The number of rotatable bonds is 5. The summed E-state index contributed by atoms with van der Waals surface area (Å²) in [5.41, 5.74) is 8.54. The molecule has 7 heteroatoms. The lowest BCUT2D eigenvalue weighted by atomic mass is 10.2. The van der Waals surface area contributed by atoms with Crippen LogP contribution < -0.4 is 20.5 Å². The fourth-order valence-corrected chi connectivity index (χ4v) is 2.63. The van der Waals surface area contributed by atoms with E-state index in [1.807, 2.05) is 31.2 Å². The minimum atomic E-state index is 0.352. The summed E-state index contributed by atoms with van der Waals surface area (Å²) in [5, 5.41) is 3.88. The monoisotopic (exact) mass is 370 g/mol. The summed E-state index contributed by atoms with van der Waals surface area (Å²) in [6.45, 7) is 1.95. The quantitative estimate of drug-likeness (QED) is 0.690. The number of hydrogen-bond acceptors (Lipinski definition) is 6. The van der Waals surface area contributed by atoms with Crippen molar-refractivity contribution in [1.82, 2.24) is 9.97 Å². The van der Waals surface area contributed by atoms with Crippen molar-refractivity contribution in [3.8, 4) is 22.9 Å². The molecular formula is C19H19ClN4O2. The maximum absolute atomic E-state index is 6.18. The second-order valence-electron chi connectivity index (χ2n) is 5.66. The second kappa shape index (κ2) is 7.49. The van der Waals surface area contributed by atoms with Crippen LogP contribution in [-0.4, -0.2) is 24.2 Å². The standard InChI is InChI=1S/C19H19ClN4O2/c1-11-4-6-13(9-14(11)20)22-18-10-17(21)23-19(24-18)12-5-7-15(25-2)16(8-12)26-3/h4-10H,1-3H3,(H3,21,22,23,24). The van der Waals surface area contributed by atoms with Gasteiger partial charge in [0.1, 0.15) is 11.6 Å². The number of benzene rings is 2. The highest BCUT2D eigenvalue weighted by molar-refractivity contribution is 6.31. The Bertz CT molecular complexity index is 947. The van der Waals surface area contributed by atoms with Crippen LogP contribution >= 0.6 is 11.6 Å². The third-order valence-electron chi connectivity index (χ3n) is 3.83. The molecule has 26 heavy (non-hydrogen) atoms. The van der Waals surface area contributed by atoms with Crippen LogP contribution in [0.2, 0.25) is 5.02 Å². The van der Waals surface area contributed by atoms with E-state index in [0.717, 1.165) is 16.8 Å². The smallest absolute Gasteiger partial charge is 0.163 e. The van der Waals surface area contributed by atoms with Gasteiger partial charge in [-0.25, -0.2) is 9.97 Å². The summed E-state index contributed by atoms with van der Waals surface area (Å²) in [6, 6.07) is 12.8. The van der Waals surface area contributed by atoms with Gasteiger partial charge in [0.25, 0.3) is 0 Å². The third kappa shape index (κ3) is 3.81. The number of hydrogen-bond donors (Lipinski definition) is 2. The van der Waals surface area contributed by atoms with Gasteiger partial charge >= 0.3 is 0 Å². The first-order valence-electron chi connectivity index (χ1n) is 7.90. The molecule has 3 aromatic rings. The minimum absolute atomic E-state index is 0.352. The molecule has 1 aromatic heterocycles. The summed E-state index contributed by atoms with van der Waals surface area (Å²) in [7, 11) is 3.17. The van der Waals surface area contributed by atoms with E-state index in [-0.39, 0.29) is 0 Å². The Kier molecular flexibility index (Phi) is 5.14. The molecule has 3 rings (SSSR count). The Morgan fingerprint density at radius 1 is 0.962 bits per heavy atom. The van der Waals surface area contributed by atoms with Gasteiger partial charge in [-0.2, -0.15) is 0 Å². The van der Waals surface area contributed by atoms with Crippen LogP contribution in [0.4, 0.5) is 17.3 Å². The molecule has 0 atom stereocenters. The van der Waals surface area contributed by atoms with E-state index in [1.165, 1.54) is 0 Å². The molecule has 2 aromatic carbocycles. The molecule has 0 radical (unpaired) electrons. The fourth-order valence-electron chi connectivity index (χ4n) is 2.45. The molecule has 0 saturated heterocycles. The maximum atomic E-state index is 6.18. The van der Waals surface area contributed by atoms with Crippen molar-refractivity contribution in [2.45, 2.75) is 6.92 Å². The number of ether oxygens (including phenoxy) is 2. The summed E-state index contributed by atoms with van der Waals surface area (Å²) in [5.74, 6) is 2.63. The Morgan fingerprint density at radius 2 is 1.73 bits per heavy atom. The predicted octanol–water partition coefficient (Wildman–Crippen LogP) is 4.45. The highest BCUT2D eigenvalue weighted by atomic mass is 35.5. The number of aryl methyl sites for hydroxylation is 1. The molecule has 0 saturated carbocycles. The molecule has 0 aliphatic carbocycles. The molecule has 0 bridgehead atoms. The number of methoxy groups -OCH3 is 2. The highest BCUT2D eigenvalue weighted by Gasteiger charge is 2.10. The summed E-state index contributed by atoms with van der Waals surface area (Å²) in [4.78, 5) is 8.85. The van der Waals surface area contributed by atoms with E-state index in [1.54, 1.807) is 32.4 Å². The van der Waals surface area contributed by atoms with Crippen molar-refractivity contribution >= 4 is 28.9 Å². The van der Waals surface area contributed by atoms with E-state index < -0.39 is 0 Å². The van der Waals surface area contributed by atoms with Gasteiger partial charge in [0, 0.05) is 22.3 Å². The number of nitrogens with zero attached hydrogens (tertiary/aromatic N) is 2. The molecule has 0 unspecified atom stereocenters. The first kappa shape index (κ1) is 17.8. The van der Waals surface area contributed by atoms with E-state index >= 15 is 0 Å². The molecule has 1 heterocycles. The Balaban J connectivity index is 1.96. The van der Waals surface area contributed by atoms with Gasteiger partial charge in [-0.1, -0.05) is 17.7 Å². The highest BCUT2D eigenvalue weighted by Crippen LogP contribution is 2.32. The van der Waals surface area contributed by atoms with Crippen molar-refractivity contribution < 1.29 is 9.47 Å². The Hall–Kier alpha value is -2.99. The van der Waals surface area contributed by atoms with Crippen LogP contribution in [0.3, 0.4) is 0 Å². The first-order chi connectivity index (χ1) is 12.5. The van der Waals surface area contributed by atoms with Crippen LogP contribution in [0, 0.1) is 6.92 Å². The molecule has 0 spiro atoms. The van der Waals surface area contributed by atoms with Gasteiger partial charge in [0.05, 0.1) is 14.2 Å². The maximum Gasteiger partial charge on any atom is 0.163 e. The van der Waals surface area contributed by atoms with Crippen molar-refractivity contribution in [3.05, 3.63) is 53.1 Å². The molecular weight excluding hydrogens is 352 g/mol. The lowest BCUT2D eigenvalue weighted by molar-refractivity contribution is 0.355. The van der Waals surface area contributed by atoms with Crippen molar-refractivity contribution in [1.29, 1.82) is 0 Å². The van der Waals surface area contributed by atoms with Gasteiger partial charge in [-0.05, 0) is 42.8 Å². The molecule has 134 valence electrons. The molecule has 0 aliphatic heterocycles. The van der Waals surface area contributed by atoms with Gasteiger partial charge in [-0.15, -0.1) is 0 Å². The SMILES string of the molecule is COc1ccc(-c2nc(N)cc(Nc3ccc(C)c(Cl)c3)n2)cc1OC. The predicted molar refractivity (Wildman–Crippen MR) is 104 cm³/mol. The van der Waals surface area contributed by atoms with Gasteiger partial charge in [0.15, 0.2) is 17.3 Å². The van der Waals surface area contributed by atoms with E-state index in [0.29, 0.717) is 34.0 Å². The normalized spacial score (nSPS) is 10.5. The Morgan fingerprint density at radius 3 is 2.42 bits per heavy atom. The van der Waals surface area contributed by atoms with Crippen LogP contribution in [0.5, 0.6) is 11.5 Å². The van der Waals surface area contributed by atoms with Crippen LogP contribution in [-0.2, 0) is 0 Å². The van der Waals surface area contributed by atoms with Gasteiger partial charge in [0.2, 0.25) is 0 Å². The zero-order valence-corrected chi connectivity index (χ0v) is 15.5. The molecule has 0 fully saturated rings. The fraction of sp³-hybridized carbons (Fsp3) is 0.158. The van der Waals surface area contributed by atoms with Crippen molar-refractivity contribution in [2.75, 3.05) is 25.3 Å². The topological polar surface area (TPSA) is 82.3 Å². The zero-order valence-electron chi connectivity index (χ0n) is 14.7. The summed E-state index contributed by atoms with van der Waals surface area (Å²) >= 11 is 6.18. The van der Waals surface area contributed by atoms with Crippen molar-refractivity contribution in [3.63, 3.8) is 0 Å². The average molecular weight is 371 g/mol. The van der Waals surface area contributed by atoms with Crippen LogP contribution in [0.1, 0.15) is 5.56 Å². The number of anilines is 3. The number of halogens is 1. The van der Waals surface area contributed by atoms with E-state index in [4.69, 9.17) is 26.8 Å². The largest absolute Gasteiger partial charge is 0.493 e. The van der Waals surface area contributed by atoms with Gasteiger partial charge < -0.3 is 20.5 Å². The number of nitrogens with two attached hydrogens (primary N) is 1. The number of aromatic nitrogens is 2. The van der Waals surface area contributed by atoms with Crippen LogP contribution in [0.15, 0.2) is 42.5 Å². The number of nitrogens with one attached hydrogen (secondary N) is 1. The third-order valence-corrected chi connectivity index (χ3v) is 4.24. The molecule has 0 amide bonds. The lowest BCUT2D eigenvalue weighted by Crippen LogP contribution is -2.01. The molecule has 3 N–H and O–H groups in total. The zero-order chi connectivity index (χ0) is 18.7. The van der Waals surface area contributed by atoms with E-state index in [2.05, 4.69) is 15.3 Å². The lowest BCUT2D eigenvalue weighted by Gasteiger charge is -2.11. The molecule has 0 aliphatic rings. The summed E-state index contributed by atoms with van der Waals surface area (Å²) in [6.07, 6.45) is 0. The summed E-state index contributed by atoms with van der Waals surface area (Å²) < 4.78 is 10.6. The number of nitrogen functional groups attached to an aromatic ring is 1. The van der Waals surface area contributed by atoms with E-state index in [9.17, 15) is 0 Å². The van der Waals surface area contributed by atoms with Crippen molar-refractivity contribution in [2.24, 2.45) is 0 Å². The van der Waals surface area contributed by atoms with Crippen LogP contribution in [0.25, 0.3) is 11.4 Å². The van der Waals surface area contributed by atoms with Gasteiger partial charge in [-0.3, -0.25) is 0 Å². The minimum Gasteiger partial charge on any atom is -0.493 e. The first-order valence-corrected chi connectivity index (χ1v) is 8.28. The Labute approximate surface area is 156 Å².